The molecule has 1 saturated heterocycles. The maximum absolute atomic E-state index is 12.6. The predicted molar refractivity (Wildman–Crippen MR) is 110 cm³/mol. The van der Waals surface area contributed by atoms with Crippen molar-refractivity contribution in [3.63, 3.8) is 0 Å². The Morgan fingerprint density at radius 1 is 1.24 bits per heavy atom. The largest absolute Gasteiger partial charge is 0.467 e. The Morgan fingerprint density at radius 2 is 2.14 bits per heavy atom. The summed E-state index contributed by atoms with van der Waals surface area (Å²) in [6, 6.07) is 13.8. The van der Waals surface area contributed by atoms with E-state index in [1.165, 1.54) is 10.7 Å². The fraction of sp³-hybridized carbons (Fsp3) is 0.286. The molecule has 1 N–H and O–H groups in total. The maximum atomic E-state index is 12.6. The third-order valence-corrected chi connectivity index (χ3v) is 5.21. The molecule has 0 aliphatic carbocycles. The van der Waals surface area contributed by atoms with Crippen LogP contribution in [0.15, 0.2) is 64.0 Å². The first-order chi connectivity index (χ1) is 14.1. The van der Waals surface area contributed by atoms with Gasteiger partial charge in [0.2, 0.25) is 5.91 Å². The fourth-order valence-corrected chi connectivity index (χ4v) is 3.68. The van der Waals surface area contributed by atoms with Gasteiger partial charge in [-0.1, -0.05) is 17.7 Å². The minimum Gasteiger partial charge on any atom is -0.467 e. The molecule has 3 heterocycles. The molecule has 1 aliphatic rings. The van der Waals surface area contributed by atoms with Gasteiger partial charge in [-0.3, -0.25) is 9.59 Å². The van der Waals surface area contributed by atoms with Crippen LogP contribution < -0.4 is 15.8 Å². The summed E-state index contributed by atoms with van der Waals surface area (Å²) in [5.74, 6) is 1.23. The summed E-state index contributed by atoms with van der Waals surface area (Å²) >= 11 is 6.05. The lowest BCUT2D eigenvalue weighted by molar-refractivity contribution is -0.125. The summed E-state index contributed by atoms with van der Waals surface area (Å²) in [4.78, 5) is 26.9. The average molecular weight is 413 g/mol. The van der Waals surface area contributed by atoms with Gasteiger partial charge < -0.3 is 14.6 Å². The molecule has 0 spiro atoms. The topological polar surface area (TPSA) is 80.4 Å². The van der Waals surface area contributed by atoms with Crippen LogP contribution in [0.5, 0.6) is 0 Å². The lowest BCUT2D eigenvalue weighted by atomic mass is 9.97. The number of carbonyl (C=O) groups excluding carboxylic acids is 1. The molecule has 0 bridgehead atoms. The highest BCUT2D eigenvalue weighted by Gasteiger charge is 2.27. The van der Waals surface area contributed by atoms with Gasteiger partial charge in [-0.25, -0.2) is 0 Å². The first-order valence-corrected chi connectivity index (χ1v) is 9.89. The minimum atomic E-state index is -0.235. The third-order valence-electron chi connectivity index (χ3n) is 4.97. The number of nitrogens with zero attached hydrogens (tertiary/aromatic N) is 3. The van der Waals surface area contributed by atoms with Crippen LogP contribution in [0.4, 0.5) is 5.82 Å². The number of rotatable bonds is 5. The Kier molecular flexibility index (Phi) is 5.67. The van der Waals surface area contributed by atoms with Gasteiger partial charge in [0.25, 0.3) is 5.56 Å². The standard InChI is InChI=1S/C21H21ClN4O3/c22-16-5-1-6-17(12-16)26-20(27)9-8-19(24-26)25-10-2-4-15(14-25)21(28)23-13-18-7-3-11-29-18/h1,3,5-9,11-12,15H,2,4,10,13-14H2,(H,23,28)/t15-/m1/s1. The molecule has 8 heteroatoms. The Balaban J connectivity index is 1.48. The smallest absolute Gasteiger partial charge is 0.271 e. The number of amides is 1. The minimum absolute atomic E-state index is 0.00531. The normalized spacial score (nSPS) is 16.6. The van der Waals surface area contributed by atoms with Gasteiger partial charge in [0.1, 0.15) is 11.6 Å². The van der Waals surface area contributed by atoms with Crippen molar-refractivity contribution in [2.24, 2.45) is 5.92 Å². The van der Waals surface area contributed by atoms with Crippen LogP contribution in [0, 0.1) is 5.92 Å². The van der Waals surface area contributed by atoms with E-state index in [4.69, 9.17) is 16.0 Å². The Labute approximate surface area is 172 Å². The Bertz CT molecular complexity index is 1050. The lowest BCUT2D eigenvalue weighted by Crippen LogP contribution is -2.43. The van der Waals surface area contributed by atoms with Gasteiger partial charge >= 0.3 is 0 Å². The summed E-state index contributed by atoms with van der Waals surface area (Å²) < 4.78 is 6.59. The van der Waals surface area contributed by atoms with Crippen LogP contribution in [-0.4, -0.2) is 28.8 Å². The molecule has 1 aromatic carbocycles. The van der Waals surface area contributed by atoms with Gasteiger partial charge in [-0.05, 0) is 49.2 Å². The third kappa shape index (κ3) is 4.51. The molecule has 3 aromatic rings. The van der Waals surface area contributed by atoms with Crippen molar-refractivity contribution >= 4 is 23.3 Å². The van der Waals surface area contributed by atoms with Crippen LogP contribution in [0.1, 0.15) is 18.6 Å². The highest BCUT2D eigenvalue weighted by atomic mass is 35.5. The average Bonchev–Trinajstić information content (AvgIpc) is 3.26. The second-order valence-electron chi connectivity index (χ2n) is 7.00. The van der Waals surface area contributed by atoms with E-state index in [-0.39, 0.29) is 17.4 Å². The second-order valence-corrected chi connectivity index (χ2v) is 7.44. The number of aromatic nitrogens is 2. The molecule has 4 rings (SSSR count). The predicted octanol–water partition coefficient (Wildman–Crippen LogP) is 3.01. The maximum Gasteiger partial charge on any atom is 0.271 e. The molecule has 1 fully saturated rings. The number of halogens is 1. The SMILES string of the molecule is O=C(NCc1ccco1)[C@@H]1CCCN(c2ccc(=O)n(-c3cccc(Cl)c3)n2)C1. The number of hydrogen-bond donors (Lipinski definition) is 1. The van der Waals surface area contributed by atoms with Gasteiger partial charge in [0.15, 0.2) is 0 Å². The van der Waals surface area contributed by atoms with Crippen molar-refractivity contribution < 1.29 is 9.21 Å². The molecule has 1 atom stereocenters. The van der Waals surface area contributed by atoms with Crippen molar-refractivity contribution in [2.45, 2.75) is 19.4 Å². The van der Waals surface area contributed by atoms with Crippen LogP contribution in [-0.2, 0) is 11.3 Å². The van der Waals surface area contributed by atoms with Gasteiger partial charge in [-0.15, -0.1) is 5.10 Å². The number of nitrogens with one attached hydrogen (secondary N) is 1. The first kappa shape index (κ1) is 19.3. The summed E-state index contributed by atoms with van der Waals surface area (Å²) in [5.41, 5.74) is 0.370. The number of hydrogen-bond acceptors (Lipinski definition) is 5. The van der Waals surface area contributed by atoms with E-state index in [1.54, 1.807) is 42.7 Å². The Hall–Kier alpha value is -3.06. The van der Waals surface area contributed by atoms with E-state index in [9.17, 15) is 9.59 Å². The van der Waals surface area contributed by atoms with Crippen molar-refractivity contribution in [2.75, 3.05) is 18.0 Å². The van der Waals surface area contributed by atoms with E-state index in [0.29, 0.717) is 29.6 Å². The number of anilines is 1. The van der Waals surface area contributed by atoms with Crippen LogP contribution >= 0.6 is 11.6 Å². The highest BCUT2D eigenvalue weighted by molar-refractivity contribution is 6.30. The summed E-state index contributed by atoms with van der Waals surface area (Å²) in [6.07, 6.45) is 3.27. The van der Waals surface area contributed by atoms with Crippen molar-refractivity contribution in [1.82, 2.24) is 15.1 Å². The van der Waals surface area contributed by atoms with Crippen molar-refractivity contribution in [3.8, 4) is 5.69 Å². The fourth-order valence-electron chi connectivity index (χ4n) is 3.49. The quantitative estimate of drug-likeness (QED) is 0.696. The molecular formula is C21H21ClN4O3. The van der Waals surface area contributed by atoms with E-state index < -0.39 is 0 Å². The van der Waals surface area contributed by atoms with E-state index in [0.717, 1.165) is 25.1 Å². The summed E-state index contributed by atoms with van der Waals surface area (Å²) in [5, 5.41) is 7.98. The lowest BCUT2D eigenvalue weighted by Gasteiger charge is -2.32. The van der Waals surface area contributed by atoms with Crippen LogP contribution in [0.2, 0.25) is 5.02 Å². The van der Waals surface area contributed by atoms with Gasteiger partial charge in [-0.2, -0.15) is 4.68 Å². The number of benzene rings is 1. The molecule has 1 amide bonds. The van der Waals surface area contributed by atoms with Crippen LogP contribution in [0.25, 0.3) is 5.69 Å². The number of carbonyl (C=O) groups is 1. The molecule has 29 heavy (non-hydrogen) atoms. The van der Waals surface area contributed by atoms with Gasteiger partial charge in [0, 0.05) is 24.2 Å². The Morgan fingerprint density at radius 3 is 2.93 bits per heavy atom. The van der Waals surface area contributed by atoms with Crippen molar-refractivity contribution in [3.05, 3.63) is 75.9 Å². The second kappa shape index (κ2) is 8.53. The zero-order chi connectivity index (χ0) is 20.2. The first-order valence-electron chi connectivity index (χ1n) is 9.51. The molecule has 0 unspecified atom stereocenters. The molecule has 2 aromatic heterocycles. The zero-order valence-corrected chi connectivity index (χ0v) is 16.5. The van der Waals surface area contributed by atoms with Crippen LogP contribution in [0.3, 0.4) is 0 Å². The van der Waals surface area contributed by atoms with E-state index in [2.05, 4.69) is 10.4 Å². The number of furan rings is 1. The molecule has 1 aliphatic heterocycles. The molecular weight excluding hydrogens is 392 g/mol. The summed E-state index contributed by atoms with van der Waals surface area (Å²) in [7, 11) is 0. The summed E-state index contributed by atoms with van der Waals surface area (Å²) in [6.45, 7) is 1.70. The highest BCUT2D eigenvalue weighted by Crippen LogP contribution is 2.22. The zero-order valence-electron chi connectivity index (χ0n) is 15.8. The molecule has 0 radical (unpaired) electrons. The van der Waals surface area contributed by atoms with Crippen molar-refractivity contribution in [1.29, 1.82) is 0 Å². The van der Waals surface area contributed by atoms with Gasteiger partial charge in [0.05, 0.1) is 24.4 Å². The monoisotopic (exact) mass is 412 g/mol. The number of piperidine rings is 1. The van der Waals surface area contributed by atoms with E-state index >= 15 is 0 Å². The molecule has 0 saturated carbocycles. The van der Waals surface area contributed by atoms with E-state index in [1.807, 2.05) is 11.0 Å². The molecule has 7 nitrogen and oxygen atoms in total. The molecule has 150 valence electrons.